The summed E-state index contributed by atoms with van der Waals surface area (Å²) in [6.45, 7) is 2.00. The van der Waals surface area contributed by atoms with Gasteiger partial charge in [-0.1, -0.05) is 0 Å². The van der Waals surface area contributed by atoms with E-state index in [-0.39, 0.29) is 0 Å². The Morgan fingerprint density at radius 3 is 0.824 bits per heavy atom. The van der Waals surface area contributed by atoms with Gasteiger partial charge >= 0.3 is 19.8 Å². The molecule has 0 fully saturated rings. The van der Waals surface area contributed by atoms with Crippen LogP contribution in [0.5, 0.6) is 0 Å². The second-order valence-electron chi connectivity index (χ2n) is 2.24. The van der Waals surface area contributed by atoms with Crippen LogP contribution in [0.25, 0.3) is 0 Å². The number of ketones is 2. The molecule has 10 nitrogen and oxygen atoms in total. The fourth-order valence-corrected chi connectivity index (χ4v) is 0. The van der Waals surface area contributed by atoms with Crippen LogP contribution in [0.2, 0.25) is 0 Å². The van der Waals surface area contributed by atoms with E-state index in [9.17, 15) is 19.2 Å². The summed E-state index contributed by atoms with van der Waals surface area (Å²) < 4.78 is 8.88. The van der Waals surface area contributed by atoms with Crippen molar-refractivity contribution in [1.29, 1.82) is 0 Å². The van der Waals surface area contributed by atoms with Gasteiger partial charge in [-0.05, 0) is 0 Å². The average molecular weight is 274 g/mol. The minimum atomic E-state index is -4.64. The summed E-state index contributed by atoms with van der Waals surface area (Å²) in [6.07, 6.45) is 0. The van der Waals surface area contributed by atoms with E-state index in [0.29, 0.717) is 0 Å². The van der Waals surface area contributed by atoms with Crippen LogP contribution in [-0.4, -0.2) is 48.4 Å². The highest BCUT2D eigenvalue weighted by Crippen LogP contribution is 2.25. The van der Waals surface area contributed by atoms with Gasteiger partial charge < -0.3 is 24.9 Å². The van der Waals surface area contributed by atoms with Crippen molar-refractivity contribution in [2.24, 2.45) is 0 Å². The molecule has 0 aromatic carbocycles. The van der Waals surface area contributed by atoms with Crippen molar-refractivity contribution in [2.75, 3.05) is 0 Å². The lowest BCUT2D eigenvalue weighted by atomic mass is 10.5. The van der Waals surface area contributed by atoms with Crippen LogP contribution in [-0.2, 0) is 23.7 Å². The molecule has 0 aliphatic carbocycles. The largest absolute Gasteiger partial charge is 0.476 e. The third-order valence-corrected chi connectivity index (χ3v) is 0.602. The molecule has 0 unspecified atom stereocenters. The number of Topliss-reactive ketones (excluding diaryl/α,β-unsaturated/α-hetero) is 2. The number of hydrogen-bond donors (Lipinski definition) is 5. The standard InChI is InChI=1S/2C3H4O3.H3O4P/c2*1-2(4)3(5)6;1-5(2,3)4/h2*1H3,(H,5,6);(H3,1,2,3,4). The van der Waals surface area contributed by atoms with Crippen molar-refractivity contribution in [2.45, 2.75) is 13.8 Å². The molecule has 0 aliphatic heterocycles. The van der Waals surface area contributed by atoms with Gasteiger partial charge in [0.2, 0.25) is 11.6 Å². The summed E-state index contributed by atoms with van der Waals surface area (Å²) in [5, 5.41) is 15.3. The third-order valence-electron chi connectivity index (χ3n) is 0.602. The molecule has 0 bridgehead atoms. The lowest BCUT2D eigenvalue weighted by Gasteiger charge is -1.82. The molecule has 0 aliphatic rings. The molecular formula is C6H11O10P. The van der Waals surface area contributed by atoms with Crippen LogP contribution >= 0.6 is 7.82 Å². The van der Waals surface area contributed by atoms with Crippen molar-refractivity contribution in [1.82, 2.24) is 0 Å². The van der Waals surface area contributed by atoms with Crippen LogP contribution in [0.1, 0.15) is 13.8 Å². The fourth-order valence-electron chi connectivity index (χ4n) is 0. The number of rotatable bonds is 2. The highest BCUT2D eigenvalue weighted by atomic mass is 31.2. The van der Waals surface area contributed by atoms with Crippen LogP contribution in [0, 0.1) is 0 Å². The second kappa shape index (κ2) is 9.60. The van der Waals surface area contributed by atoms with Crippen molar-refractivity contribution in [3.05, 3.63) is 0 Å². The zero-order chi connectivity index (χ0) is 14.8. The summed E-state index contributed by atoms with van der Waals surface area (Å²) in [5.74, 6) is -4.41. The Hall–Kier alpha value is -1.61. The van der Waals surface area contributed by atoms with Gasteiger partial charge in [-0.25, -0.2) is 14.2 Å². The summed E-state index contributed by atoms with van der Waals surface area (Å²) in [6, 6.07) is 0. The Balaban J connectivity index is -0.000000174. The first-order chi connectivity index (χ1) is 7.29. The van der Waals surface area contributed by atoms with Crippen molar-refractivity contribution < 1.29 is 48.6 Å². The molecule has 0 spiro atoms. The van der Waals surface area contributed by atoms with E-state index < -0.39 is 31.3 Å². The molecule has 0 saturated carbocycles. The Labute approximate surface area is 94.7 Å². The van der Waals surface area contributed by atoms with Gasteiger partial charge in [0, 0.05) is 13.8 Å². The molecule has 0 aromatic rings. The van der Waals surface area contributed by atoms with E-state index >= 15 is 0 Å². The first-order valence-corrected chi connectivity index (χ1v) is 5.11. The number of carboxylic acids is 2. The van der Waals surface area contributed by atoms with Crippen molar-refractivity contribution in [3.8, 4) is 0 Å². The van der Waals surface area contributed by atoms with E-state index in [1.807, 2.05) is 0 Å². The number of phosphoric acid groups is 1. The molecule has 0 aromatic heterocycles. The van der Waals surface area contributed by atoms with Gasteiger partial charge in [-0.3, -0.25) is 9.59 Å². The Morgan fingerprint density at radius 1 is 0.765 bits per heavy atom. The summed E-state index contributed by atoms with van der Waals surface area (Å²) >= 11 is 0. The zero-order valence-corrected chi connectivity index (χ0v) is 9.62. The molecule has 0 atom stereocenters. The summed E-state index contributed by atoms with van der Waals surface area (Å²) in [4.78, 5) is 59.3. The predicted molar refractivity (Wildman–Crippen MR) is 50.9 cm³/mol. The third kappa shape index (κ3) is 54.1. The molecule has 0 amide bonds. The lowest BCUT2D eigenvalue weighted by molar-refractivity contribution is -0.148. The minimum Gasteiger partial charge on any atom is -0.476 e. The summed E-state index contributed by atoms with van der Waals surface area (Å²) in [5.41, 5.74) is 0. The Bertz CT molecular complexity index is 282. The Morgan fingerprint density at radius 2 is 0.824 bits per heavy atom. The first-order valence-electron chi connectivity index (χ1n) is 3.55. The maximum atomic E-state index is 9.54. The second-order valence-corrected chi connectivity index (χ2v) is 3.26. The number of carbonyl (C=O) groups is 4. The molecule has 0 rings (SSSR count). The van der Waals surface area contributed by atoms with Gasteiger partial charge in [0.05, 0.1) is 0 Å². The van der Waals surface area contributed by atoms with Gasteiger partial charge in [-0.2, -0.15) is 0 Å². The number of hydrogen-bond acceptors (Lipinski definition) is 5. The van der Waals surface area contributed by atoms with E-state index in [1.54, 1.807) is 0 Å². The highest BCUT2D eigenvalue weighted by molar-refractivity contribution is 7.45. The van der Waals surface area contributed by atoms with E-state index in [1.165, 1.54) is 0 Å². The van der Waals surface area contributed by atoms with Gasteiger partial charge in [0.25, 0.3) is 0 Å². The van der Waals surface area contributed by atoms with E-state index in [2.05, 4.69) is 0 Å². The highest BCUT2D eigenvalue weighted by Gasteiger charge is 2.00. The fraction of sp³-hybridized carbons (Fsp3) is 0.333. The van der Waals surface area contributed by atoms with Gasteiger partial charge in [0.1, 0.15) is 0 Å². The quantitative estimate of drug-likeness (QED) is 0.289. The minimum absolute atomic E-state index is 0.824. The summed E-state index contributed by atoms with van der Waals surface area (Å²) in [7, 11) is -4.64. The average Bonchev–Trinajstić information content (AvgIpc) is 2.01. The molecule has 100 valence electrons. The monoisotopic (exact) mass is 274 g/mol. The molecular weight excluding hydrogens is 263 g/mol. The topological polar surface area (TPSA) is 186 Å². The number of aliphatic carboxylic acids is 2. The SMILES string of the molecule is CC(=O)C(=O)O.CC(=O)C(=O)O.O=P(O)(O)O. The van der Waals surface area contributed by atoms with Gasteiger partial charge in [0.15, 0.2) is 0 Å². The smallest absolute Gasteiger partial charge is 0.466 e. The number of carboxylic acid groups (broad SMARTS) is 2. The number of carbonyl (C=O) groups excluding carboxylic acids is 2. The van der Waals surface area contributed by atoms with Crippen molar-refractivity contribution in [3.63, 3.8) is 0 Å². The maximum Gasteiger partial charge on any atom is 0.466 e. The lowest BCUT2D eigenvalue weighted by Crippen LogP contribution is -2.05. The molecule has 17 heavy (non-hydrogen) atoms. The van der Waals surface area contributed by atoms with Gasteiger partial charge in [-0.15, -0.1) is 0 Å². The van der Waals surface area contributed by atoms with Crippen molar-refractivity contribution >= 4 is 31.3 Å². The first kappa shape index (κ1) is 20.8. The predicted octanol–water partition coefficient (Wildman–Crippen LogP) is -1.61. The van der Waals surface area contributed by atoms with Crippen LogP contribution < -0.4 is 0 Å². The zero-order valence-electron chi connectivity index (χ0n) is 8.72. The van der Waals surface area contributed by atoms with Crippen LogP contribution in [0.15, 0.2) is 0 Å². The molecule has 11 heteroatoms. The van der Waals surface area contributed by atoms with E-state index in [4.69, 9.17) is 29.5 Å². The Kier molecular flexibility index (Phi) is 11.7. The van der Waals surface area contributed by atoms with Crippen LogP contribution in [0.4, 0.5) is 0 Å². The molecule has 0 radical (unpaired) electrons. The molecule has 5 N–H and O–H groups in total. The normalized spacial score (nSPS) is 8.76. The molecule has 0 heterocycles. The van der Waals surface area contributed by atoms with Crippen LogP contribution in [0.3, 0.4) is 0 Å². The van der Waals surface area contributed by atoms with E-state index in [0.717, 1.165) is 13.8 Å². The maximum absolute atomic E-state index is 9.54. The molecule has 0 saturated heterocycles.